The van der Waals surface area contributed by atoms with Crippen LogP contribution >= 0.6 is 0 Å². The number of rotatable bonds is 2. The fourth-order valence-electron chi connectivity index (χ4n) is 6.96. The van der Waals surface area contributed by atoms with Crippen LogP contribution in [0.4, 0.5) is 17.1 Å². The van der Waals surface area contributed by atoms with Crippen molar-refractivity contribution in [3.63, 3.8) is 0 Å². The number of nitrogens with zero attached hydrogens (tertiary/aromatic N) is 1. The number of benzene rings is 6. The van der Waals surface area contributed by atoms with Crippen LogP contribution in [-0.2, 0) is 0 Å². The SMILES string of the molecule is c1cc[c]([GeH]2[c]3ccccc3N(c3cc4c5c(c3)Oc3ccccc3B5c3ccccc3O4)c3cccc[c]32)cc1. The van der Waals surface area contributed by atoms with Gasteiger partial charge in [-0.1, -0.05) is 0 Å². The van der Waals surface area contributed by atoms with Crippen LogP contribution in [0.25, 0.3) is 0 Å². The molecule has 6 aromatic carbocycles. The van der Waals surface area contributed by atoms with E-state index in [9.17, 15) is 0 Å². The fraction of sp³-hybridized carbons (Fsp3) is 0. The van der Waals surface area contributed by atoms with Gasteiger partial charge in [-0.25, -0.2) is 0 Å². The second kappa shape index (κ2) is 8.92. The zero-order valence-electron chi connectivity index (χ0n) is 22.2. The summed E-state index contributed by atoms with van der Waals surface area (Å²) < 4.78 is 17.7. The molecule has 0 saturated heterocycles. The van der Waals surface area contributed by atoms with Gasteiger partial charge in [0, 0.05) is 0 Å². The van der Waals surface area contributed by atoms with Crippen LogP contribution in [0.1, 0.15) is 0 Å². The third-order valence-electron chi connectivity index (χ3n) is 8.65. The summed E-state index contributed by atoms with van der Waals surface area (Å²) in [4.78, 5) is 2.41. The van der Waals surface area contributed by atoms with E-state index in [1.165, 1.54) is 35.5 Å². The Kier molecular flexibility index (Phi) is 5.02. The molecule has 3 heterocycles. The van der Waals surface area contributed by atoms with Gasteiger partial charge in [0.05, 0.1) is 0 Å². The van der Waals surface area contributed by atoms with E-state index < -0.39 is 14.3 Å². The molecular weight excluding hydrogens is 562 g/mol. The molecule has 0 unspecified atom stereocenters. The molecule has 41 heavy (non-hydrogen) atoms. The monoisotopic (exact) mass is 587 g/mol. The fourth-order valence-corrected chi connectivity index (χ4v) is 13.9. The minimum absolute atomic E-state index is 0.0716. The molecule has 192 valence electrons. The molecule has 3 aliphatic heterocycles. The molecule has 0 atom stereocenters. The van der Waals surface area contributed by atoms with Crippen molar-refractivity contribution in [3.05, 3.63) is 140 Å². The molecule has 0 radical (unpaired) electrons. The first-order valence-corrected chi connectivity index (χ1v) is 17.7. The Morgan fingerprint density at radius 3 is 1.56 bits per heavy atom. The number of ether oxygens (including phenoxy) is 2. The van der Waals surface area contributed by atoms with E-state index >= 15 is 0 Å². The molecule has 0 N–H and O–H groups in total. The van der Waals surface area contributed by atoms with E-state index in [-0.39, 0.29) is 6.71 Å². The average Bonchev–Trinajstić information content (AvgIpc) is 3.03. The van der Waals surface area contributed by atoms with E-state index in [2.05, 4.69) is 132 Å². The summed E-state index contributed by atoms with van der Waals surface area (Å²) in [6, 6.07) is 50.2. The van der Waals surface area contributed by atoms with Gasteiger partial charge in [0.2, 0.25) is 0 Å². The number of hydrogen-bond acceptors (Lipinski definition) is 3. The van der Waals surface area contributed by atoms with Gasteiger partial charge in [-0.2, -0.15) is 0 Å². The quantitative estimate of drug-likeness (QED) is 0.280. The van der Waals surface area contributed by atoms with Crippen LogP contribution in [0.2, 0.25) is 0 Å². The Labute approximate surface area is 243 Å². The first-order valence-electron chi connectivity index (χ1n) is 14.1. The van der Waals surface area contributed by atoms with Crippen molar-refractivity contribution < 1.29 is 9.47 Å². The Balaban J connectivity index is 1.28. The average molecular weight is 586 g/mol. The van der Waals surface area contributed by atoms with Gasteiger partial charge < -0.3 is 0 Å². The standard InChI is InChI=1S/C36H24BGeNO2/c1-2-12-24(13-3-1)38-28-16-6-8-18-30(28)39(31-19-9-7-17-29(31)38)25-22-34-36-35(23-25)41-33-21-11-5-15-27(33)37(36)26-14-4-10-20-32(26)40-34/h1-23,38H. The summed E-state index contributed by atoms with van der Waals surface area (Å²) in [6.45, 7) is 0.0716. The van der Waals surface area contributed by atoms with Gasteiger partial charge in [-0.05, 0) is 0 Å². The van der Waals surface area contributed by atoms with Crippen LogP contribution < -0.4 is 43.9 Å². The normalized spacial score (nSPS) is 14.0. The van der Waals surface area contributed by atoms with Crippen LogP contribution in [0.3, 0.4) is 0 Å². The third kappa shape index (κ3) is 3.41. The van der Waals surface area contributed by atoms with Gasteiger partial charge in [-0.3, -0.25) is 0 Å². The molecular formula is C36H24BGeNO2. The Hall–Kier alpha value is -4.67. The predicted octanol–water partition coefficient (Wildman–Crippen LogP) is 4.45. The van der Waals surface area contributed by atoms with Gasteiger partial charge in [0.15, 0.2) is 0 Å². The molecule has 0 aliphatic carbocycles. The molecule has 6 aromatic rings. The molecule has 0 bridgehead atoms. The van der Waals surface area contributed by atoms with Crippen LogP contribution in [-0.4, -0.2) is 21.1 Å². The van der Waals surface area contributed by atoms with Gasteiger partial charge >= 0.3 is 245 Å². The zero-order valence-corrected chi connectivity index (χ0v) is 24.6. The second-order valence-corrected chi connectivity index (χ2v) is 16.7. The van der Waals surface area contributed by atoms with E-state index in [0.29, 0.717) is 0 Å². The summed E-state index contributed by atoms with van der Waals surface area (Å²) in [5, 5.41) is 0. The van der Waals surface area contributed by atoms with Crippen molar-refractivity contribution >= 4 is 67.7 Å². The molecule has 9 rings (SSSR count). The van der Waals surface area contributed by atoms with Gasteiger partial charge in [0.1, 0.15) is 0 Å². The third-order valence-corrected chi connectivity index (χ3v) is 15.5. The molecule has 5 heteroatoms. The number of anilines is 3. The summed E-state index contributed by atoms with van der Waals surface area (Å²) in [5.41, 5.74) is 7.00. The minimum atomic E-state index is -2.32. The predicted molar refractivity (Wildman–Crippen MR) is 171 cm³/mol. The van der Waals surface area contributed by atoms with Crippen molar-refractivity contribution in [1.82, 2.24) is 0 Å². The summed E-state index contributed by atoms with van der Waals surface area (Å²) in [7, 11) is 0. The maximum absolute atomic E-state index is 6.64. The number of para-hydroxylation sites is 4. The number of fused-ring (bicyclic) bond motifs is 6. The molecule has 0 amide bonds. The van der Waals surface area contributed by atoms with Gasteiger partial charge in [-0.15, -0.1) is 0 Å². The molecule has 3 aliphatic rings. The number of hydrogen-bond donors (Lipinski definition) is 0. The van der Waals surface area contributed by atoms with E-state index in [1.54, 1.807) is 0 Å². The first-order chi connectivity index (χ1) is 20.3. The summed E-state index contributed by atoms with van der Waals surface area (Å²) in [6.07, 6.45) is 0. The van der Waals surface area contributed by atoms with Crippen molar-refractivity contribution in [2.45, 2.75) is 0 Å². The van der Waals surface area contributed by atoms with Crippen LogP contribution in [0.15, 0.2) is 140 Å². The van der Waals surface area contributed by atoms with Crippen LogP contribution in [0.5, 0.6) is 23.0 Å². The molecule has 0 spiro atoms. The molecule has 0 aromatic heterocycles. The van der Waals surface area contributed by atoms with E-state index in [0.717, 1.165) is 34.1 Å². The molecule has 3 nitrogen and oxygen atoms in total. The first kappa shape index (κ1) is 23.1. The topological polar surface area (TPSA) is 21.7 Å². The van der Waals surface area contributed by atoms with Crippen molar-refractivity contribution in [2.75, 3.05) is 4.90 Å². The Morgan fingerprint density at radius 1 is 0.488 bits per heavy atom. The van der Waals surface area contributed by atoms with Gasteiger partial charge in [0.25, 0.3) is 0 Å². The Bertz CT molecular complexity index is 1870. The summed E-state index contributed by atoms with van der Waals surface area (Å²) >= 11 is -2.32. The van der Waals surface area contributed by atoms with E-state index in [1.807, 2.05) is 12.1 Å². The second-order valence-electron chi connectivity index (χ2n) is 10.9. The van der Waals surface area contributed by atoms with Crippen molar-refractivity contribution in [1.29, 1.82) is 0 Å². The zero-order chi connectivity index (χ0) is 26.9. The molecule has 0 fully saturated rings. The molecule has 0 saturated carbocycles. The summed E-state index contributed by atoms with van der Waals surface area (Å²) in [5.74, 6) is 3.53. The van der Waals surface area contributed by atoms with E-state index in [4.69, 9.17) is 9.47 Å². The Morgan fingerprint density at radius 2 is 0.976 bits per heavy atom. The van der Waals surface area contributed by atoms with Crippen LogP contribution in [0, 0.1) is 0 Å². The van der Waals surface area contributed by atoms with Crippen molar-refractivity contribution in [2.24, 2.45) is 0 Å². The van der Waals surface area contributed by atoms with Crippen molar-refractivity contribution in [3.8, 4) is 23.0 Å². The maximum atomic E-state index is 6.64.